The van der Waals surface area contributed by atoms with Gasteiger partial charge in [-0.05, 0) is 13.7 Å². The number of hydrogen-bond donors (Lipinski definition) is 1. The van der Waals surface area contributed by atoms with Crippen molar-refractivity contribution >= 4 is 24.8 Å². The Morgan fingerprint density at radius 1 is 1.47 bits per heavy atom. The maximum atomic E-state index is 11.4. The van der Waals surface area contributed by atoms with Gasteiger partial charge in [-0.3, -0.25) is 14.4 Å². The molecule has 6 nitrogen and oxygen atoms in total. The van der Waals surface area contributed by atoms with Crippen LogP contribution in [0.4, 0.5) is 0 Å². The van der Waals surface area contributed by atoms with Crippen LogP contribution in [-0.2, 0) is 23.7 Å². The van der Waals surface area contributed by atoms with E-state index in [-0.39, 0.29) is 12.2 Å². The molecule has 1 aliphatic heterocycles. The number of aliphatic carboxylic acids is 1. The molecule has 1 saturated heterocycles. The molecule has 0 saturated carbocycles. The highest BCUT2D eigenvalue weighted by molar-refractivity contribution is 6.48. The third kappa shape index (κ3) is 2.56. The van der Waals surface area contributed by atoms with Crippen molar-refractivity contribution in [1.82, 2.24) is 0 Å². The summed E-state index contributed by atoms with van der Waals surface area (Å²) in [6, 6.07) is 0. The van der Waals surface area contributed by atoms with Crippen LogP contribution in [-0.4, -0.2) is 35.5 Å². The van der Waals surface area contributed by atoms with E-state index in [9.17, 15) is 14.4 Å². The second-order valence-electron chi connectivity index (χ2n) is 3.53. The molecule has 1 unspecified atom stereocenters. The van der Waals surface area contributed by atoms with E-state index in [1.165, 1.54) is 13.7 Å². The summed E-state index contributed by atoms with van der Waals surface area (Å²) in [7, 11) is -0.809. The molecule has 0 bridgehead atoms. The standard InChI is InChI=1S/C8H11BO6/c1-5(10)3-8(4-6(11)12)7(13)14-9(2)15-8/h3-4H2,1-2H3,(H,11,12). The molecule has 1 N–H and O–H groups in total. The third-order valence-corrected chi connectivity index (χ3v) is 2.01. The molecule has 0 aromatic carbocycles. The van der Waals surface area contributed by atoms with Gasteiger partial charge >= 0.3 is 19.1 Å². The van der Waals surface area contributed by atoms with E-state index in [0.29, 0.717) is 0 Å². The Kier molecular flexibility index (Phi) is 3.14. The molecular formula is C8H11BO6. The molecule has 1 rings (SSSR count). The van der Waals surface area contributed by atoms with Gasteiger partial charge in [-0.15, -0.1) is 0 Å². The minimum atomic E-state index is -1.64. The van der Waals surface area contributed by atoms with Gasteiger partial charge in [0.2, 0.25) is 0 Å². The summed E-state index contributed by atoms with van der Waals surface area (Å²) in [5, 5.41) is 8.66. The zero-order chi connectivity index (χ0) is 11.6. The molecule has 1 fully saturated rings. The molecule has 0 radical (unpaired) electrons. The van der Waals surface area contributed by atoms with Gasteiger partial charge < -0.3 is 14.4 Å². The largest absolute Gasteiger partial charge is 0.524 e. The van der Waals surface area contributed by atoms with Crippen molar-refractivity contribution in [3.8, 4) is 0 Å². The predicted molar refractivity (Wildman–Crippen MR) is 49.1 cm³/mol. The van der Waals surface area contributed by atoms with Crippen molar-refractivity contribution in [3.63, 3.8) is 0 Å². The zero-order valence-corrected chi connectivity index (χ0v) is 8.48. The molecular weight excluding hydrogens is 203 g/mol. The van der Waals surface area contributed by atoms with E-state index in [2.05, 4.69) is 0 Å². The molecule has 1 atom stereocenters. The number of ketones is 1. The summed E-state index contributed by atoms with van der Waals surface area (Å²) < 4.78 is 9.81. The molecule has 15 heavy (non-hydrogen) atoms. The maximum absolute atomic E-state index is 11.4. The number of carboxylic acid groups (broad SMARTS) is 1. The van der Waals surface area contributed by atoms with Crippen molar-refractivity contribution in [2.75, 3.05) is 0 Å². The Labute approximate surface area is 86.7 Å². The molecule has 0 aromatic rings. The summed E-state index contributed by atoms with van der Waals surface area (Å²) in [5.74, 6) is -2.31. The monoisotopic (exact) mass is 214 g/mol. The summed E-state index contributed by atoms with van der Waals surface area (Å²) in [4.78, 5) is 33.0. The summed E-state index contributed by atoms with van der Waals surface area (Å²) in [6.45, 7) is 2.74. The number of rotatable bonds is 4. The highest BCUT2D eigenvalue weighted by atomic mass is 16.7. The first-order valence-electron chi connectivity index (χ1n) is 4.46. The normalized spacial score (nSPS) is 25.2. The van der Waals surface area contributed by atoms with Crippen LogP contribution in [0.25, 0.3) is 0 Å². The van der Waals surface area contributed by atoms with Crippen molar-refractivity contribution in [3.05, 3.63) is 0 Å². The lowest BCUT2D eigenvalue weighted by Crippen LogP contribution is -2.41. The quantitative estimate of drug-likeness (QED) is 0.655. The summed E-state index contributed by atoms with van der Waals surface area (Å²) in [6.07, 6.45) is -0.835. The van der Waals surface area contributed by atoms with Crippen molar-refractivity contribution in [2.24, 2.45) is 0 Å². The highest BCUT2D eigenvalue weighted by Crippen LogP contribution is 2.30. The number of carboxylic acids is 1. The van der Waals surface area contributed by atoms with E-state index in [4.69, 9.17) is 14.4 Å². The molecule has 82 valence electrons. The third-order valence-electron chi connectivity index (χ3n) is 2.01. The van der Waals surface area contributed by atoms with Crippen molar-refractivity contribution < 1.29 is 28.8 Å². The first-order chi connectivity index (χ1) is 6.85. The van der Waals surface area contributed by atoms with Gasteiger partial charge in [0.15, 0.2) is 5.60 Å². The number of Topliss-reactive ketones (excluding diaryl/α,β-unsaturated/α-hetero) is 1. The lowest BCUT2D eigenvalue weighted by Gasteiger charge is -2.21. The molecule has 0 aliphatic carbocycles. The maximum Gasteiger partial charge on any atom is 0.524 e. The smallest absolute Gasteiger partial charge is 0.507 e. The van der Waals surface area contributed by atoms with Gasteiger partial charge in [-0.1, -0.05) is 0 Å². The van der Waals surface area contributed by atoms with Crippen LogP contribution in [0.1, 0.15) is 19.8 Å². The van der Waals surface area contributed by atoms with Crippen molar-refractivity contribution in [1.29, 1.82) is 0 Å². The molecule has 0 aromatic heterocycles. The molecule has 1 aliphatic rings. The Balaban J connectivity index is 2.90. The van der Waals surface area contributed by atoms with Crippen LogP contribution in [0.3, 0.4) is 0 Å². The van der Waals surface area contributed by atoms with Gasteiger partial charge in [-0.2, -0.15) is 0 Å². The number of hydrogen-bond acceptors (Lipinski definition) is 5. The lowest BCUT2D eigenvalue weighted by molar-refractivity contribution is -0.154. The Morgan fingerprint density at radius 2 is 2.07 bits per heavy atom. The number of carbonyl (C=O) groups excluding carboxylic acids is 2. The van der Waals surface area contributed by atoms with Gasteiger partial charge in [0, 0.05) is 6.42 Å². The molecule has 0 spiro atoms. The van der Waals surface area contributed by atoms with Gasteiger partial charge in [0.25, 0.3) is 0 Å². The van der Waals surface area contributed by atoms with E-state index in [1.807, 2.05) is 0 Å². The first-order valence-corrected chi connectivity index (χ1v) is 4.46. The van der Waals surface area contributed by atoms with Crippen LogP contribution in [0.15, 0.2) is 0 Å². The van der Waals surface area contributed by atoms with Crippen LogP contribution < -0.4 is 0 Å². The van der Waals surface area contributed by atoms with Crippen molar-refractivity contribution in [2.45, 2.75) is 32.2 Å². The fraction of sp³-hybridized carbons (Fsp3) is 0.625. The van der Waals surface area contributed by atoms with E-state index < -0.39 is 31.1 Å². The lowest BCUT2D eigenvalue weighted by atomic mass is 9.91. The van der Waals surface area contributed by atoms with Gasteiger partial charge in [0.1, 0.15) is 5.78 Å². The average Bonchev–Trinajstić information content (AvgIpc) is 2.22. The Hall–Kier alpha value is -1.37. The molecule has 1 heterocycles. The van der Waals surface area contributed by atoms with Crippen LogP contribution in [0, 0.1) is 0 Å². The van der Waals surface area contributed by atoms with E-state index in [1.54, 1.807) is 0 Å². The summed E-state index contributed by atoms with van der Waals surface area (Å²) in [5.41, 5.74) is -1.64. The Morgan fingerprint density at radius 3 is 2.40 bits per heavy atom. The second-order valence-corrected chi connectivity index (χ2v) is 3.53. The van der Waals surface area contributed by atoms with Crippen LogP contribution >= 0.6 is 0 Å². The fourth-order valence-electron chi connectivity index (χ4n) is 1.58. The predicted octanol–water partition coefficient (Wildman–Crippen LogP) is -0.130. The Bertz CT molecular complexity index is 296. The van der Waals surface area contributed by atoms with E-state index in [0.717, 1.165) is 0 Å². The van der Waals surface area contributed by atoms with Gasteiger partial charge in [0.05, 0.1) is 6.42 Å². The minimum Gasteiger partial charge on any atom is -0.507 e. The summed E-state index contributed by atoms with van der Waals surface area (Å²) >= 11 is 0. The van der Waals surface area contributed by atoms with E-state index >= 15 is 0 Å². The highest BCUT2D eigenvalue weighted by Gasteiger charge is 2.52. The fourth-order valence-corrected chi connectivity index (χ4v) is 1.58. The van der Waals surface area contributed by atoms with Crippen LogP contribution in [0.5, 0.6) is 0 Å². The van der Waals surface area contributed by atoms with Crippen LogP contribution in [0.2, 0.25) is 6.82 Å². The molecule has 7 heteroatoms. The SMILES string of the molecule is CB1OC(=O)C(CC(C)=O)(CC(=O)O)O1. The average molecular weight is 214 g/mol. The van der Waals surface area contributed by atoms with Gasteiger partial charge in [-0.25, -0.2) is 0 Å². The minimum absolute atomic E-state index is 0.275. The molecule has 0 amide bonds. The second kappa shape index (κ2) is 4.02. The zero-order valence-electron chi connectivity index (χ0n) is 8.48. The first kappa shape index (κ1) is 11.7. The number of carbonyl (C=O) groups is 3. The topological polar surface area (TPSA) is 89.9 Å².